The predicted molar refractivity (Wildman–Crippen MR) is 166 cm³/mol. The van der Waals surface area contributed by atoms with Crippen LogP contribution in [0.15, 0.2) is 64.0 Å². The molecular formula is C32H35BrN6O4. The van der Waals surface area contributed by atoms with Crippen LogP contribution in [0.4, 0.5) is 5.69 Å². The van der Waals surface area contributed by atoms with E-state index in [2.05, 4.69) is 61.8 Å². The number of carbonyl (C=O) groups is 3. The zero-order valence-corrected chi connectivity index (χ0v) is 25.8. The SMILES string of the molecule is CN1C[C@@H](Nc2cnn(C)c(=O)c2Br)C[C@@H](c2ccc(C(=O)N3CC(c4cccc(C5CCC(=O)NC5=O)c4)C3)cc2)C1. The number of imide groups is 1. The highest BCUT2D eigenvalue weighted by Gasteiger charge is 2.34. The molecule has 43 heavy (non-hydrogen) atoms. The molecule has 4 heterocycles. The first-order valence-electron chi connectivity index (χ1n) is 14.7. The molecule has 0 spiro atoms. The molecule has 0 saturated carbocycles. The molecule has 3 fully saturated rings. The van der Waals surface area contributed by atoms with Gasteiger partial charge >= 0.3 is 0 Å². The van der Waals surface area contributed by atoms with Crippen LogP contribution in [0.25, 0.3) is 0 Å². The van der Waals surface area contributed by atoms with E-state index >= 15 is 0 Å². The zero-order valence-electron chi connectivity index (χ0n) is 24.3. The number of halogens is 1. The van der Waals surface area contributed by atoms with Gasteiger partial charge in [-0.05, 0) is 70.6 Å². The van der Waals surface area contributed by atoms with Crippen molar-refractivity contribution >= 4 is 39.3 Å². The molecule has 1 aromatic heterocycles. The molecule has 11 heteroatoms. The molecule has 2 N–H and O–H groups in total. The van der Waals surface area contributed by atoms with Gasteiger partial charge in [-0.3, -0.25) is 24.5 Å². The first kappa shape index (κ1) is 29.3. The number of rotatable bonds is 6. The summed E-state index contributed by atoms with van der Waals surface area (Å²) in [6, 6.07) is 16.1. The average molecular weight is 648 g/mol. The van der Waals surface area contributed by atoms with Crippen molar-refractivity contribution in [3.63, 3.8) is 0 Å². The number of piperidine rings is 2. The standard InChI is InChI=1S/C32H35BrN6O4/c1-37-15-23(13-25(18-37)35-27-14-34-38(2)32(43)29(27)33)19-6-8-20(9-7-19)31(42)39-16-24(17-39)21-4-3-5-22(12-21)26-10-11-28(40)36-30(26)41/h3-9,12,14,23-26,35H,10-11,13,15-18H2,1-2H3,(H,36,40,41)/t23-,25+,26?/m1/s1. The van der Waals surface area contributed by atoms with Gasteiger partial charge in [-0.25, -0.2) is 4.68 Å². The van der Waals surface area contributed by atoms with Crippen LogP contribution in [0.2, 0.25) is 0 Å². The normalized spacial score (nSPS) is 23.0. The highest BCUT2D eigenvalue weighted by Crippen LogP contribution is 2.33. The number of likely N-dealkylation sites (tertiary alicyclic amines) is 2. The number of aryl methyl sites for hydroxylation is 1. The van der Waals surface area contributed by atoms with Crippen molar-refractivity contribution in [3.8, 4) is 0 Å². The van der Waals surface area contributed by atoms with Crippen LogP contribution in [0.5, 0.6) is 0 Å². The molecule has 3 amide bonds. The largest absolute Gasteiger partial charge is 0.379 e. The molecule has 224 valence electrons. The van der Waals surface area contributed by atoms with Crippen LogP contribution >= 0.6 is 15.9 Å². The lowest BCUT2D eigenvalue weighted by Crippen LogP contribution is -2.48. The van der Waals surface area contributed by atoms with E-state index in [1.54, 1.807) is 13.2 Å². The summed E-state index contributed by atoms with van der Waals surface area (Å²) in [7, 11) is 3.72. The molecule has 3 aliphatic heterocycles. The van der Waals surface area contributed by atoms with E-state index in [1.165, 1.54) is 10.2 Å². The Morgan fingerprint density at radius 2 is 1.70 bits per heavy atom. The summed E-state index contributed by atoms with van der Waals surface area (Å²) in [6.07, 6.45) is 3.44. The lowest BCUT2D eigenvalue weighted by molar-refractivity contribution is -0.134. The fraction of sp³-hybridized carbons (Fsp3) is 0.406. The Morgan fingerprint density at radius 1 is 0.953 bits per heavy atom. The average Bonchev–Trinajstić information content (AvgIpc) is 2.96. The number of anilines is 1. The summed E-state index contributed by atoms with van der Waals surface area (Å²) >= 11 is 3.41. The summed E-state index contributed by atoms with van der Waals surface area (Å²) in [5, 5.41) is 10.1. The Labute approximate surface area is 258 Å². The number of carbonyl (C=O) groups excluding carboxylic acids is 3. The molecule has 3 aromatic rings. The molecule has 0 bridgehead atoms. The number of likely N-dealkylation sites (N-methyl/N-ethyl adjacent to an activating group) is 1. The molecule has 3 atom stereocenters. The molecule has 2 aromatic carbocycles. The van der Waals surface area contributed by atoms with Crippen molar-refractivity contribution in [1.29, 1.82) is 0 Å². The van der Waals surface area contributed by atoms with E-state index in [-0.39, 0.29) is 47.1 Å². The van der Waals surface area contributed by atoms with Gasteiger partial charge < -0.3 is 15.1 Å². The molecular weight excluding hydrogens is 612 g/mol. The quantitative estimate of drug-likeness (QED) is 0.395. The Morgan fingerprint density at radius 3 is 2.44 bits per heavy atom. The predicted octanol–water partition coefficient (Wildman–Crippen LogP) is 3.20. The van der Waals surface area contributed by atoms with E-state index in [9.17, 15) is 19.2 Å². The van der Waals surface area contributed by atoms with Gasteiger partial charge in [-0.2, -0.15) is 5.10 Å². The Balaban J connectivity index is 1.06. The van der Waals surface area contributed by atoms with Gasteiger partial charge in [0.05, 0.1) is 17.8 Å². The maximum absolute atomic E-state index is 13.3. The van der Waals surface area contributed by atoms with Crippen LogP contribution in [-0.4, -0.2) is 76.6 Å². The highest BCUT2D eigenvalue weighted by molar-refractivity contribution is 9.10. The second-order valence-electron chi connectivity index (χ2n) is 12.0. The second kappa shape index (κ2) is 12.0. The molecule has 0 aliphatic carbocycles. The molecule has 1 unspecified atom stereocenters. The van der Waals surface area contributed by atoms with Gasteiger partial charge in [0.25, 0.3) is 11.5 Å². The van der Waals surface area contributed by atoms with Crippen LogP contribution < -0.4 is 16.2 Å². The fourth-order valence-corrected chi connectivity index (χ4v) is 6.95. The van der Waals surface area contributed by atoms with Gasteiger partial charge in [0, 0.05) is 57.2 Å². The van der Waals surface area contributed by atoms with Crippen LogP contribution in [-0.2, 0) is 16.6 Å². The van der Waals surface area contributed by atoms with Crippen molar-refractivity contribution < 1.29 is 14.4 Å². The van der Waals surface area contributed by atoms with Gasteiger partial charge in [-0.1, -0.05) is 36.4 Å². The van der Waals surface area contributed by atoms with E-state index in [1.807, 2.05) is 35.2 Å². The number of benzene rings is 2. The Bertz CT molecular complexity index is 1620. The van der Waals surface area contributed by atoms with E-state index in [4.69, 9.17) is 0 Å². The van der Waals surface area contributed by atoms with Crippen molar-refractivity contribution in [2.75, 3.05) is 38.5 Å². The minimum Gasteiger partial charge on any atom is -0.379 e. The van der Waals surface area contributed by atoms with Crippen LogP contribution in [0.1, 0.15) is 64.1 Å². The maximum Gasteiger partial charge on any atom is 0.282 e. The molecule has 6 rings (SSSR count). The minimum absolute atomic E-state index is 0.0208. The van der Waals surface area contributed by atoms with Crippen molar-refractivity contribution in [2.24, 2.45) is 7.05 Å². The number of nitrogens with zero attached hydrogens (tertiary/aromatic N) is 4. The number of hydrogen-bond donors (Lipinski definition) is 2. The molecule has 3 aliphatic rings. The number of amides is 3. The summed E-state index contributed by atoms with van der Waals surface area (Å²) in [5.74, 6) is -0.234. The summed E-state index contributed by atoms with van der Waals surface area (Å²) in [6.45, 7) is 3.02. The topological polar surface area (TPSA) is 117 Å². The molecule has 10 nitrogen and oxygen atoms in total. The van der Waals surface area contributed by atoms with Gasteiger partial charge in [-0.15, -0.1) is 0 Å². The third-order valence-corrected chi connectivity index (χ3v) is 9.66. The van der Waals surface area contributed by atoms with Gasteiger partial charge in [0.1, 0.15) is 4.47 Å². The third-order valence-electron chi connectivity index (χ3n) is 8.89. The van der Waals surface area contributed by atoms with Crippen molar-refractivity contribution in [2.45, 2.75) is 43.1 Å². The van der Waals surface area contributed by atoms with Crippen LogP contribution in [0.3, 0.4) is 0 Å². The van der Waals surface area contributed by atoms with Crippen molar-refractivity contribution in [1.82, 2.24) is 24.9 Å². The van der Waals surface area contributed by atoms with Gasteiger partial charge in [0.2, 0.25) is 11.8 Å². The van der Waals surface area contributed by atoms with E-state index < -0.39 is 0 Å². The van der Waals surface area contributed by atoms with Crippen molar-refractivity contribution in [3.05, 3.63) is 91.8 Å². The lowest BCUT2D eigenvalue weighted by atomic mass is 9.85. The summed E-state index contributed by atoms with van der Waals surface area (Å²) in [4.78, 5) is 53.5. The Kier molecular flexibility index (Phi) is 8.19. The number of aromatic nitrogens is 2. The summed E-state index contributed by atoms with van der Waals surface area (Å²) < 4.78 is 1.78. The second-order valence-corrected chi connectivity index (χ2v) is 12.8. The number of nitrogens with one attached hydrogen (secondary N) is 2. The highest BCUT2D eigenvalue weighted by atomic mass is 79.9. The Hall–Kier alpha value is -3.83. The van der Waals surface area contributed by atoms with E-state index in [0.717, 1.165) is 30.6 Å². The summed E-state index contributed by atoms with van der Waals surface area (Å²) in [5.41, 5.74) is 4.41. The lowest BCUT2D eigenvalue weighted by Gasteiger charge is -2.40. The molecule has 0 radical (unpaired) electrons. The first-order valence-corrected chi connectivity index (χ1v) is 15.4. The maximum atomic E-state index is 13.3. The van der Waals surface area contributed by atoms with Crippen LogP contribution in [0, 0.1) is 0 Å². The van der Waals surface area contributed by atoms with Gasteiger partial charge in [0.15, 0.2) is 0 Å². The fourth-order valence-electron chi connectivity index (χ4n) is 6.47. The monoisotopic (exact) mass is 646 g/mol. The number of hydrogen-bond acceptors (Lipinski definition) is 7. The minimum atomic E-state index is -0.310. The first-order chi connectivity index (χ1) is 20.7. The molecule has 3 saturated heterocycles. The van der Waals surface area contributed by atoms with E-state index in [0.29, 0.717) is 41.7 Å². The third kappa shape index (κ3) is 6.14. The zero-order chi connectivity index (χ0) is 30.2. The smallest absolute Gasteiger partial charge is 0.282 e.